The first kappa shape index (κ1) is 14.8. The zero-order chi connectivity index (χ0) is 15.2. The van der Waals surface area contributed by atoms with Crippen molar-refractivity contribution in [3.63, 3.8) is 0 Å². The van der Waals surface area contributed by atoms with Crippen LogP contribution in [-0.4, -0.2) is 22.1 Å². The summed E-state index contributed by atoms with van der Waals surface area (Å²) in [4.78, 5) is 26.5. The fraction of sp³-hybridized carbons (Fsp3) is 0.0714. The van der Waals surface area contributed by atoms with Crippen molar-refractivity contribution in [2.45, 2.75) is 6.54 Å². The van der Waals surface area contributed by atoms with Gasteiger partial charge < -0.3 is 15.7 Å². The highest BCUT2D eigenvalue weighted by molar-refractivity contribution is 6.33. The van der Waals surface area contributed by atoms with Crippen LogP contribution in [-0.2, 0) is 6.54 Å². The van der Waals surface area contributed by atoms with Crippen LogP contribution in [0.15, 0.2) is 42.7 Å². The van der Waals surface area contributed by atoms with Crippen molar-refractivity contribution >= 4 is 29.3 Å². The van der Waals surface area contributed by atoms with Gasteiger partial charge >= 0.3 is 12.0 Å². The van der Waals surface area contributed by atoms with Crippen LogP contribution in [0, 0.1) is 0 Å². The number of rotatable bonds is 4. The molecule has 0 atom stereocenters. The van der Waals surface area contributed by atoms with Gasteiger partial charge in [0.25, 0.3) is 0 Å². The molecule has 1 aromatic carbocycles. The number of aromatic carboxylic acids is 1. The molecule has 0 aliphatic heterocycles. The van der Waals surface area contributed by atoms with E-state index in [2.05, 4.69) is 15.6 Å². The van der Waals surface area contributed by atoms with E-state index in [9.17, 15) is 9.59 Å². The first-order chi connectivity index (χ1) is 10.1. The second-order valence-electron chi connectivity index (χ2n) is 4.16. The topological polar surface area (TPSA) is 91.3 Å². The summed E-state index contributed by atoms with van der Waals surface area (Å²) in [7, 11) is 0. The smallest absolute Gasteiger partial charge is 0.335 e. The Morgan fingerprint density at radius 2 is 1.90 bits per heavy atom. The molecule has 0 bridgehead atoms. The highest BCUT2D eigenvalue weighted by atomic mass is 35.5. The number of nitrogens with zero attached hydrogens (tertiary/aromatic N) is 1. The number of carbonyl (C=O) groups is 2. The zero-order valence-electron chi connectivity index (χ0n) is 10.8. The lowest BCUT2D eigenvalue weighted by Gasteiger charge is -2.09. The minimum atomic E-state index is -1.09. The molecule has 2 aromatic rings. The average Bonchev–Trinajstić information content (AvgIpc) is 2.48. The fourth-order valence-corrected chi connectivity index (χ4v) is 1.77. The van der Waals surface area contributed by atoms with Crippen LogP contribution in [0.3, 0.4) is 0 Å². The van der Waals surface area contributed by atoms with Crippen molar-refractivity contribution < 1.29 is 14.7 Å². The number of hydrogen-bond acceptors (Lipinski definition) is 3. The molecule has 1 aromatic heterocycles. The summed E-state index contributed by atoms with van der Waals surface area (Å²) in [5.74, 6) is -1.09. The molecule has 108 valence electrons. The van der Waals surface area contributed by atoms with Crippen LogP contribution >= 0.6 is 11.6 Å². The minimum Gasteiger partial charge on any atom is -0.478 e. The van der Waals surface area contributed by atoms with E-state index >= 15 is 0 Å². The summed E-state index contributed by atoms with van der Waals surface area (Å²) in [6.45, 7) is 0.324. The maximum atomic E-state index is 11.8. The number of amides is 2. The Balaban J connectivity index is 1.99. The monoisotopic (exact) mass is 305 g/mol. The number of carboxylic acid groups (broad SMARTS) is 1. The Hall–Kier alpha value is -2.60. The average molecular weight is 306 g/mol. The van der Waals surface area contributed by atoms with E-state index in [1.54, 1.807) is 24.5 Å². The van der Waals surface area contributed by atoms with Crippen LogP contribution in [0.5, 0.6) is 0 Å². The van der Waals surface area contributed by atoms with E-state index in [0.29, 0.717) is 6.54 Å². The lowest BCUT2D eigenvalue weighted by Crippen LogP contribution is -2.28. The van der Waals surface area contributed by atoms with Gasteiger partial charge in [0.1, 0.15) is 0 Å². The molecule has 6 nitrogen and oxygen atoms in total. The Morgan fingerprint density at radius 1 is 1.19 bits per heavy atom. The summed E-state index contributed by atoms with van der Waals surface area (Å²) >= 11 is 5.92. The Morgan fingerprint density at radius 3 is 2.57 bits per heavy atom. The summed E-state index contributed by atoms with van der Waals surface area (Å²) in [5.41, 5.74) is 1.18. The van der Waals surface area contributed by atoms with Gasteiger partial charge in [0.2, 0.25) is 0 Å². The number of carbonyl (C=O) groups excluding carboxylic acids is 1. The highest BCUT2D eigenvalue weighted by Gasteiger charge is 2.09. The van der Waals surface area contributed by atoms with Crippen molar-refractivity contribution in [2.24, 2.45) is 0 Å². The molecule has 0 aliphatic carbocycles. The summed E-state index contributed by atoms with van der Waals surface area (Å²) in [5, 5.41) is 14.3. The molecule has 0 fully saturated rings. The molecule has 0 saturated carbocycles. The van der Waals surface area contributed by atoms with Gasteiger partial charge in [-0.25, -0.2) is 9.59 Å². The third kappa shape index (κ3) is 4.19. The number of benzene rings is 1. The van der Waals surface area contributed by atoms with Gasteiger partial charge in [0.05, 0.1) is 16.3 Å². The van der Waals surface area contributed by atoms with Gasteiger partial charge in [-0.3, -0.25) is 4.98 Å². The van der Waals surface area contributed by atoms with Crippen LogP contribution in [0.4, 0.5) is 10.5 Å². The third-order valence-corrected chi connectivity index (χ3v) is 2.99. The number of pyridine rings is 1. The molecule has 0 radical (unpaired) electrons. The second kappa shape index (κ2) is 6.71. The third-order valence-electron chi connectivity index (χ3n) is 2.66. The molecule has 2 rings (SSSR count). The molecule has 21 heavy (non-hydrogen) atoms. The Kier molecular flexibility index (Phi) is 4.73. The van der Waals surface area contributed by atoms with Gasteiger partial charge in [-0.1, -0.05) is 11.6 Å². The summed E-state index contributed by atoms with van der Waals surface area (Å²) in [6.07, 6.45) is 3.25. The van der Waals surface area contributed by atoms with Crippen LogP contribution in [0.2, 0.25) is 5.02 Å². The van der Waals surface area contributed by atoms with Crippen molar-refractivity contribution in [1.82, 2.24) is 10.3 Å². The molecular weight excluding hydrogens is 294 g/mol. The number of aromatic nitrogens is 1. The number of carboxylic acids is 1. The number of urea groups is 1. The summed E-state index contributed by atoms with van der Waals surface area (Å²) < 4.78 is 0. The van der Waals surface area contributed by atoms with E-state index < -0.39 is 12.0 Å². The minimum absolute atomic E-state index is 0.0452. The van der Waals surface area contributed by atoms with Gasteiger partial charge in [-0.15, -0.1) is 0 Å². The lowest BCUT2D eigenvalue weighted by molar-refractivity contribution is 0.0697. The van der Waals surface area contributed by atoms with Crippen molar-refractivity contribution in [3.8, 4) is 0 Å². The largest absolute Gasteiger partial charge is 0.478 e. The van der Waals surface area contributed by atoms with E-state index in [1.165, 1.54) is 18.2 Å². The zero-order valence-corrected chi connectivity index (χ0v) is 11.6. The second-order valence-corrected chi connectivity index (χ2v) is 4.57. The highest BCUT2D eigenvalue weighted by Crippen LogP contribution is 2.23. The maximum Gasteiger partial charge on any atom is 0.335 e. The van der Waals surface area contributed by atoms with Crippen molar-refractivity contribution in [3.05, 3.63) is 58.9 Å². The van der Waals surface area contributed by atoms with E-state index in [1.807, 2.05) is 0 Å². The van der Waals surface area contributed by atoms with Gasteiger partial charge in [-0.2, -0.15) is 0 Å². The molecule has 3 N–H and O–H groups in total. The van der Waals surface area contributed by atoms with E-state index in [-0.39, 0.29) is 16.3 Å². The lowest BCUT2D eigenvalue weighted by atomic mass is 10.2. The van der Waals surface area contributed by atoms with Crippen LogP contribution < -0.4 is 10.6 Å². The Labute approximate surface area is 125 Å². The molecule has 0 unspecified atom stereocenters. The molecule has 0 saturated heterocycles. The molecule has 2 amide bonds. The first-order valence-corrected chi connectivity index (χ1v) is 6.40. The number of nitrogens with one attached hydrogen (secondary N) is 2. The van der Waals surface area contributed by atoms with Crippen LogP contribution in [0.25, 0.3) is 0 Å². The maximum absolute atomic E-state index is 11.8. The van der Waals surface area contributed by atoms with E-state index in [4.69, 9.17) is 16.7 Å². The van der Waals surface area contributed by atoms with E-state index in [0.717, 1.165) is 5.56 Å². The predicted octanol–water partition coefficient (Wildman–Crippen LogP) is 2.75. The molecular formula is C14H12ClN3O3. The molecule has 1 heterocycles. The quantitative estimate of drug-likeness (QED) is 0.810. The van der Waals surface area contributed by atoms with Crippen molar-refractivity contribution in [2.75, 3.05) is 5.32 Å². The van der Waals surface area contributed by atoms with Gasteiger partial charge in [-0.05, 0) is 35.9 Å². The predicted molar refractivity (Wildman–Crippen MR) is 78.5 cm³/mol. The first-order valence-electron chi connectivity index (χ1n) is 6.03. The number of hydrogen-bond donors (Lipinski definition) is 3. The van der Waals surface area contributed by atoms with Gasteiger partial charge in [0.15, 0.2) is 0 Å². The normalized spacial score (nSPS) is 9.95. The van der Waals surface area contributed by atoms with Crippen molar-refractivity contribution in [1.29, 1.82) is 0 Å². The molecule has 0 spiro atoms. The van der Waals surface area contributed by atoms with Gasteiger partial charge in [0, 0.05) is 18.9 Å². The van der Waals surface area contributed by atoms with Crippen LogP contribution in [0.1, 0.15) is 15.9 Å². The number of anilines is 1. The molecule has 0 aliphatic rings. The molecule has 7 heteroatoms. The SMILES string of the molecule is O=C(NCc1ccncc1)Nc1cc(C(=O)O)ccc1Cl. The Bertz CT molecular complexity index is 662. The standard InChI is InChI=1S/C14H12ClN3O3/c15-11-2-1-10(13(19)20)7-12(11)18-14(21)17-8-9-3-5-16-6-4-9/h1-7H,8H2,(H,19,20)(H2,17,18,21). The number of halogens is 1. The fourth-order valence-electron chi connectivity index (χ4n) is 1.60. The summed E-state index contributed by atoms with van der Waals surface area (Å²) in [6, 6.07) is 7.16.